The molecule has 0 aliphatic carbocycles. The van der Waals surface area contributed by atoms with Gasteiger partial charge in [-0.25, -0.2) is 0 Å². The van der Waals surface area contributed by atoms with Gasteiger partial charge in [0, 0.05) is 22.7 Å². The van der Waals surface area contributed by atoms with Gasteiger partial charge in [0.05, 0.1) is 0 Å². The number of hydrogen-bond acceptors (Lipinski definition) is 2. The fraction of sp³-hybridized carbons (Fsp3) is 0.625. The highest BCUT2D eigenvalue weighted by atomic mass is 79.9. The van der Waals surface area contributed by atoms with E-state index in [1.807, 2.05) is 0 Å². The van der Waals surface area contributed by atoms with Crippen LogP contribution in [-0.4, -0.2) is 30.6 Å². The van der Waals surface area contributed by atoms with Crippen molar-refractivity contribution in [3.63, 3.8) is 0 Å². The number of halogens is 1. The molecule has 19 heavy (non-hydrogen) atoms. The first-order valence-electron chi connectivity index (χ1n) is 7.50. The molecule has 0 amide bonds. The summed E-state index contributed by atoms with van der Waals surface area (Å²) in [6.45, 7) is 8.16. The lowest BCUT2D eigenvalue weighted by Gasteiger charge is -2.21. The first-order valence-corrected chi connectivity index (χ1v) is 8.29. The lowest BCUT2D eigenvalue weighted by Crippen LogP contribution is -2.26. The second-order valence-corrected chi connectivity index (χ2v) is 6.28. The Labute approximate surface area is 125 Å². The Morgan fingerprint density at radius 2 is 2.11 bits per heavy atom. The zero-order chi connectivity index (χ0) is 13.7. The van der Waals surface area contributed by atoms with E-state index in [1.54, 1.807) is 0 Å². The zero-order valence-corrected chi connectivity index (χ0v) is 13.7. The number of nitrogens with one attached hydrogen (secondary N) is 1. The summed E-state index contributed by atoms with van der Waals surface area (Å²) in [5, 5.41) is 3.76. The Hall–Kier alpha value is -0.540. The van der Waals surface area contributed by atoms with Crippen molar-refractivity contribution in [1.29, 1.82) is 0 Å². The van der Waals surface area contributed by atoms with Crippen molar-refractivity contribution in [2.24, 2.45) is 0 Å². The van der Waals surface area contributed by atoms with Crippen LogP contribution in [0, 0.1) is 0 Å². The minimum absolute atomic E-state index is 0.628. The first kappa shape index (κ1) is 14.9. The average molecular weight is 325 g/mol. The van der Waals surface area contributed by atoms with Gasteiger partial charge >= 0.3 is 0 Å². The smallest absolute Gasteiger partial charge is 0.0375 e. The van der Waals surface area contributed by atoms with E-state index >= 15 is 0 Å². The first-order chi connectivity index (χ1) is 9.22. The van der Waals surface area contributed by atoms with Crippen LogP contribution in [0.2, 0.25) is 0 Å². The molecule has 1 saturated heterocycles. The fourth-order valence-corrected chi connectivity index (χ4v) is 3.24. The lowest BCUT2D eigenvalue weighted by atomic mass is 10.1. The molecule has 3 heteroatoms. The number of benzene rings is 1. The third-order valence-electron chi connectivity index (χ3n) is 4.08. The standard InChI is InChI=1S/C16H25BrN2/c1-3-13-12-14(17)7-8-16(13)18-15-6-5-10-19(4-2)11-9-15/h7-8,12,15,18H,3-6,9-11H2,1-2H3. The number of anilines is 1. The van der Waals surface area contributed by atoms with Crippen molar-refractivity contribution in [1.82, 2.24) is 4.90 Å². The molecule has 0 aromatic heterocycles. The SMILES string of the molecule is CCc1cc(Br)ccc1NC1CCCN(CC)CC1. The molecule has 1 unspecified atom stereocenters. The third-order valence-corrected chi connectivity index (χ3v) is 4.57. The van der Waals surface area contributed by atoms with E-state index in [1.165, 1.54) is 54.6 Å². The van der Waals surface area contributed by atoms with Crippen LogP contribution in [0.5, 0.6) is 0 Å². The number of aryl methyl sites for hydroxylation is 1. The molecule has 1 atom stereocenters. The molecule has 0 spiro atoms. The molecular formula is C16H25BrN2. The van der Waals surface area contributed by atoms with Crippen LogP contribution in [0.1, 0.15) is 38.7 Å². The number of rotatable bonds is 4. The van der Waals surface area contributed by atoms with E-state index in [-0.39, 0.29) is 0 Å². The Morgan fingerprint density at radius 3 is 2.84 bits per heavy atom. The van der Waals surface area contributed by atoms with Crippen LogP contribution in [0.25, 0.3) is 0 Å². The molecule has 0 radical (unpaired) electrons. The van der Waals surface area contributed by atoms with Crippen LogP contribution in [0.15, 0.2) is 22.7 Å². The summed E-state index contributed by atoms with van der Waals surface area (Å²) in [7, 11) is 0. The van der Waals surface area contributed by atoms with Gasteiger partial charge in [0.1, 0.15) is 0 Å². The van der Waals surface area contributed by atoms with E-state index in [9.17, 15) is 0 Å². The monoisotopic (exact) mass is 324 g/mol. The largest absolute Gasteiger partial charge is 0.382 e. The number of nitrogens with zero attached hydrogens (tertiary/aromatic N) is 1. The van der Waals surface area contributed by atoms with Crippen LogP contribution in [0.3, 0.4) is 0 Å². The number of likely N-dealkylation sites (tertiary alicyclic amines) is 1. The van der Waals surface area contributed by atoms with Gasteiger partial charge in [-0.1, -0.05) is 29.8 Å². The van der Waals surface area contributed by atoms with Gasteiger partial charge in [0.25, 0.3) is 0 Å². The summed E-state index contributed by atoms with van der Waals surface area (Å²) >= 11 is 3.56. The van der Waals surface area contributed by atoms with Crippen LogP contribution in [0.4, 0.5) is 5.69 Å². The van der Waals surface area contributed by atoms with Gasteiger partial charge in [-0.05, 0) is 62.5 Å². The van der Waals surface area contributed by atoms with Crippen LogP contribution >= 0.6 is 15.9 Å². The maximum Gasteiger partial charge on any atom is 0.0375 e. The maximum atomic E-state index is 3.76. The topological polar surface area (TPSA) is 15.3 Å². The summed E-state index contributed by atoms with van der Waals surface area (Å²) in [4.78, 5) is 2.56. The van der Waals surface area contributed by atoms with Crippen molar-refractivity contribution >= 4 is 21.6 Å². The average Bonchev–Trinajstić information content (AvgIpc) is 2.66. The summed E-state index contributed by atoms with van der Waals surface area (Å²) in [5.74, 6) is 0. The quantitative estimate of drug-likeness (QED) is 0.888. The van der Waals surface area contributed by atoms with Crippen LogP contribution < -0.4 is 5.32 Å². The summed E-state index contributed by atoms with van der Waals surface area (Å²) in [5.41, 5.74) is 2.73. The molecule has 1 aliphatic heterocycles. The van der Waals surface area contributed by atoms with Gasteiger partial charge in [-0.3, -0.25) is 0 Å². The Bertz CT molecular complexity index is 406. The van der Waals surface area contributed by atoms with Crippen molar-refractivity contribution < 1.29 is 0 Å². The van der Waals surface area contributed by atoms with Crippen molar-refractivity contribution in [2.45, 2.75) is 45.6 Å². The third kappa shape index (κ3) is 4.22. The molecule has 0 bridgehead atoms. The van der Waals surface area contributed by atoms with Crippen molar-refractivity contribution in [3.8, 4) is 0 Å². The Morgan fingerprint density at radius 1 is 1.26 bits per heavy atom. The van der Waals surface area contributed by atoms with Gasteiger partial charge in [-0.2, -0.15) is 0 Å². The number of hydrogen-bond donors (Lipinski definition) is 1. The predicted molar refractivity (Wildman–Crippen MR) is 86.9 cm³/mol. The molecule has 1 aromatic rings. The van der Waals surface area contributed by atoms with Crippen molar-refractivity contribution in [3.05, 3.63) is 28.2 Å². The van der Waals surface area contributed by atoms with Gasteiger partial charge in [-0.15, -0.1) is 0 Å². The second-order valence-electron chi connectivity index (χ2n) is 5.36. The molecule has 0 saturated carbocycles. The van der Waals surface area contributed by atoms with E-state index in [4.69, 9.17) is 0 Å². The lowest BCUT2D eigenvalue weighted by molar-refractivity contribution is 0.300. The highest BCUT2D eigenvalue weighted by molar-refractivity contribution is 9.10. The van der Waals surface area contributed by atoms with Crippen LogP contribution in [-0.2, 0) is 6.42 Å². The molecule has 1 fully saturated rings. The normalized spacial score (nSPS) is 21.1. The van der Waals surface area contributed by atoms with Gasteiger partial charge in [0.2, 0.25) is 0 Å². The van der Waals surface area contributed by atoms with E-state index in [2.05, 4.69) is 58.2 Å². The molecule has 1 N–H and O–H groups in total. The van der Waals surface area contributed by atoms with Crippen molar-refractivity contribution in [2.75, 3.05) is 25.0 Å². The molecule has 1 aliphatic rings. The Balaban J connectivity index is 2.00. The summed E-state index contributed by atoms with van der Waals surface area (Å²) < 4.78 is 1.17. The van der Waals surface area contributed by atoms with Gasteiger partial charge < -0.3 is 10.2 Å². The molecule has 106 valence electrons. The minimum atomic E-state index is 0.628. The minimum Gasteiger partial charge on any atom is -0.382 e. The summed E-state index contributed by atoms with van der Waals surface area (Å²) in [6.07, 6.45) is 4.93. The van der Waals surface area contributed by atoms with E-state index < -0.39 is 0 Å². The van der Waals surface area contributed by atoms with Gasteiger partial charge in [0.15, 0.2) is 0 Å². The Kier molecular flexibility index (Phi) is 5.71. The fourth-order valence-electron chi connectivity index (χ4n) is 2.83. The molecule has 2 rings (SSSR count). The van der Waals surface area contributed by atoms with E-state index in [0.717, 1.165) is 6.42 Å². The highest BCUT2D eigenvalue weighted by Gasteiger charge is 2.16. The second kappa shape index (κ2) is 7.30. The molecule has 2 nitrogen and oxygen atoms in total. The molecule has 1 aromatic carbocycles. The van der Waals surface area contributed by atoms with E-state index in [0.29, 0.717) is 6.04 Å². The zero-order valence-electron chi connectivity index (χ0n) is 12.1. The highest BCUT2D eigenvalue weighted by Crippen LogP contribution is 2.24. The maximum absolute atomic E-state index is 3.76. The molecule has 1 heterocycles. The summed E-state index contributed by atoms with van der Waals surface area (Å²) in [6, 6.07) is 7.21. The predicted octanol–water partition coefficient (Wildman–Crippen LogP) is 4.30. The molecular weight excluding hydrogens is 300 g/mol.